The van der Waals surface area contributed by atoms with Crippen molar-refractivity contribution in [3.8, 4) is 0 Å². The van der Waals surface area contributed by atoms with Gasteiger partial charge < -0.3 is 15.2 Å². The van der Waals surface area contributed by atoms with Crippen molar-refractivity contribution < 1.29 is 19.4 Å². The zero-order valence-corrected chi connectivity index (χ0v) is 11.2. The van der Waals surface area contributed by atoms with E-state index in [9.17, 15) is 14.7 Å². The number of aliphatic carboxylic acids is 1. The van der Waals surface area contributed by atoms with Crippen molar-refractivity contribution in [1.29, 1.82) is 0 Å². The molecule has 2 N–H and O–H groups in total. The molecule has 0 aromatic carbocycles. The number of carboxylic acids is 1. The maximum absolute atomic E-state index is 12.2. The zero-order valence-electron chi connectivity index (χ0n) is 11.2. The Morgan fingerprint density at radius 1 is 1.26 bits per heavy atom. The Hall–Kier alpha value is -1.36. The molecule has 0 aromatic heterocycles. The molecule has 0 radical (unpaired) electrons. The Bertz CT molecular complexity index is 380. The Kier molecular flexibility index (Phi) is 4.58. The van der Waals surface area contributed by atoms with E-state index >= 15 is 0 Å². The number of rotatable bonds is 3. The highest BCUT2D eigenvalue weighted by Crippen LogP contribution is 2.26. The predicted molar refractivity (Wildman–Crippen MR) is 69.6 cm³/mol. The van der Waals surface area contributed by atoms with Gasteiger partial charge >= 0.3 is 5.97 Å². The molecule has 2 aliphatic rings. The van der Waals surface area contributed by atoms with E-state index in [-0.39, 0.29) is 18.1 Å². The molecule has 0 saturated carbocycles. The second-order valence-electron chi connectivity index (χ2n) is 5.41. The molecule has 1 aliphatic heterocycles. The van der Waals surface area contributed by atoms with E-state index in [2.05, 4.69) is 5.32 Å². The molecule has 1 saturated heterocycles. The van der Waals surface area contributed by atoms with Crippen LogP contribution in [0.2, 0.25) is 0 Å². The number of carbonyl (C=O) groups excluding carboxylic acids is 1. The Labute approximate surface area is 113 Å². The summed E-state index contributed by atoms with van der Waals surface area (Å²) in [5, 5.41) is 12.2. The minimum Gasteiger partial charge on any atom is -0.481 e. The third kappa shape index (κ3) is 3.56. The lowest BCUT2D eigenvalue weighted by Crippen LogP contribution is -2.46. The van der Waals surface area contributed by atoms with E-state index in [1.54, 1.807) is 0 Å². The van der Waals surface area contributed by atoms with Gasteiger partial charge in [-0.3, -0.25) is 9.59 Å². The summed E-state index contributed by atoms with van der Waals surface area (Å²) in [7, 11) is 0. The normalized spacial score (nSPS) is 34.8. The van der Waals surface area contributed by atoms with Crippen LogP contribution in [0.1, 0.15) is 32.6 Å². The zero-order chi connectivity index (χ0) is 13.8. The molecule has 1 fully saturated rings. The molecule has 0 bridgehead atoms. The lowest BCUT2D eigenvalue weighted by Gasteiger charge is -2.31. The SMILES string of the molecule is CC1CC(NC(=O)C2CC=CCC2C(=O)O)CCO1. The second-order valence-corrected chi connectivity index (χ2v) is 5.41. The summed E-state index contributed by atoms with van der Waals surface area (Å²) in [4.78, 5) is 23.4. The van der Waals surface area contributed by atoms with Crippen LogP contribution in [0, 0.1) is 11.8 Å². The summed E-state index contributed by atoms with van der Waals surface area (Å²) in [6.07, 6.45) is 6.46. The highest BCUT2D eigenvalue weighted by atomic mass is 16.5. The smallest absolute Gasteiger partial charge is 0.307 e. The van der Waals surface area contributed by atoms with Crippen LogP contribution < -0.4 is 5.32 Å². The quantitative estimate of drug-likeness (QED) is 0.757. The van der Waals surface area contributed by atoms with Gasteiger partial charge in [0.2, 0.25) is 5.91 Å². The topological polar surface area (TPSA) is 75.6 Å². The fourth-order valence-electron chi connectivity index (χ4n) is 2.81. The molecule has 1 aliphatic carbocycles. The Balaban J connectivity index is 1.94. The van der Waals surface area contributed by atoms with Crippen LogP contribution in [0.4, 0.5) is 0 Å². The number of amides is 1. The van der Waals surface area contributed by atoms with Crippen molar-refractivity contribution >= 4 is 11.9 Å². The van der Waals surface area contributed by atoms with E-state index < -0.39 is 17.8 Å². The third-order valence-corrected chi connectivity index (χ3v) is 3.92. The van der Waals surface area contributed by atoms with Gasteiger partial charge in [0, 0.05) is 12.6 Å². The van der Waals surface area contributed by atoms with Crippen molar-refractivity contribution in [2.75, 3.05) is 6.61 Å². The maximum Gasteiger partial charge on any atom is 0.307 e. The van der Waals surface area contributed by atoms with Crippen molar-refractivity contribution in [3.63, 3.8) is 0 Å². The van der Waals surface area contributed by atoms with Crippen LogP contribution in [0.25, 0.3) is 0 Å². The maximum atomic E-state index is 12.2. The lowest BCUT2D eigenvalue weighted by atomic mass is 9.82. The number of hydrogen-bond donors (Lipinski definition) is 2. The van der Waals surface area contributed by atoms with Crippen LogP contribution in [0.15, 0.2) is 12.2 Å². The largest absolute Gasteiger partial charge is 0.481 e. The highest BCUT2D eigenvalue weighted by Gasteiger charge is 2.35. The minimum atomic E-state index is -0.884. The number of carbonyl (C=O) groups is 2. The monoisotopic (exact) mass is 267 g/mol. The van der Waals surface area contributed by atoms with Gasteiger partial charge in [0.15, 0.2) is 0 Å². The van der Waals surface area contributed by atoms with Gasteiger partial charge in [-0.15, -0.1) is 0 Å². The third-order valence-electron chi connectivity index (χ3n) is 3.92. The highest BCUT2D eigenvalue weighted by molar-refractivity contribution is 5.85. The summed E-state index contributed by atoms with van der Waals surface area (Å²) in [6.45, 7) is 2.64. The van der Waals surface area contributed by atoms with Gasteiger partial charge in [0.05, 0.1) is 17.9 Å². The van der Waals surface area contributed by atoms with Crippen LogP contribution in [0.5, 0.6) is 0 Å². The summed E-state index contributed by atoms with van der Waals surface area (Å²) in [6, 6.07) is 0.108. The molecule has 1 heterocycles. The number of carboxylic acid groups (broad SMARTS) is 1. The van der Waals surface area contributed by atoms with E-state index in [1.807, 2.05) is 19.1 Å². The lowest BCUT2D eigenvalue weighted by molar-refractivity contribution is -0.147. The molecule has 0 aromatic rings. The summed E-state index contributed by atoms with van der Waals surface area (Å²) >= 11 is 0. The molecule has 4 atom stereocenters. The van der Waals surface area contributed by atoms with E-state index in [0.29, 0.717) is 19.4 Å². The molecule has 2 rings (SSSR count). The molecule has 4 unspecified atom stereocenters. The first-order valence-corrected chi connectivity index (χ1v) is 6.87. The fourth-order valence-corrected chi connectivity index (χ4v) is 2.81. The first-order chi connectivity index (χ1) is 9.08. The molecule has 5 heteroatoms. The molecule has 1 amide bonds. The number of allylic oxidation sites excluding steroid dienone is 2. The van der Waals surface area contributed by atoms with Gasteiger partial charge in [-0.2, -0.15) is 0 Å². The number of nitrogens with one attached hydrogen (secondary N) is 1. The molecule has 0 spiro atoms. The van der Waals surface area contributed by atoms with Crippen LogP contribution >= 0.6 is 0 Å². The molecular weight excluding hydrogens is 246 g/mol. The first kappa shape index (κ1) is 14.1. The summed E-state index contributed by atoms with van der Waals surface area (Å²) in [5.74, 6) is -2.05. The van der Waals surface area contributed by atoms with Crippen LogP contribution in [-0.2, 0) is 14.3 Å². The van der Waals surface area contributed by atoms with Crippen molar-refractivity contribution in [2.45, 2.75) is 44.8 Å². The van der Waals surface area contributed by atoms with E-state index in [0.717, 1.165) is 12.8 Å². The van der Waals surface area contributed by atoms with Gasteiger partial charge in [-0.25, -0.2) is 0 Å². The Morgan fingerprint density at radius 3 is 2.58 bits per heavy atom. The molecule has 19 heavy (non-hydrogen) atoms. The van der Waals surface area contributed by atoms with E-state index in [4.69, 9.17) is 4.74 Å². The fraction of sp³-hybridized carbons (Fsp3) is 0.714. The first-order valence-electron chi connectivity index (χ1n) is 6.87. The average molecular weight is 267 g/mol. The summed E-state index contributed by atoms with van der Waals surface area (Å²) in [5.41, 5.74) is 0. The molecular formula is C14H21NO4. The predicted octanol–water partition coefficient (Wildman–Crippen LogP) is 1.34. The number of hydrogen-bond acceptors (Lipinski definition) is 3. The van der Waals surface area contributed by atoms with Gasteiger partial charge in [0.1, 0.15) is 0 Å². The summed E-state index contributed by atoms with van der Waals surface area (Å²) < 4.78 is 5.44. The Morgan fingerprint density at radius 2 is 1.95 bits per heavy atom. The van der Waals surface area contributed by atoms with Crippen LogP contribution in [-0.4, -0.2) is 35.7 Å². The molecule has 5 nitrogen and oxygen atoms in total. The van der Waals surface area contributed by atoms with Gasteiger partial charge in [0.25, 0.3) is 0 Å². The van der Waals surface area contributed by atoms with Crippen LogP contribution in [0.3, 0.4) is 0 Å². The van der Waals surface area contributed by atoms with Crippen molar-refractivity contribution in [2.24, 2.45) is 11.8 Å². The number of ether oxygens (including phenoxy) is 1. The van der Waals surface area contributed by atoms with Gasteiger partial charge in [-0.05, 0) is 32.6 Å². The van der Waals surface area contributed by atoms with Crippen molar-refractivity contribution in [3.05, 3.63) is 12.2 Å². The molecule has 106 valence electrons. The average Bonchev–Trinajstić information content (AvgIpc) is 2.38. The second kappa shape index (κ2) is 6.19. The van der Waals surface area contributed by atoms with E-state index in [1.165, 1.54) is 0 Å². The minimum absolute atomic E-state index is 0.108. The standard InChI is InChI=1S/C14H21NO4/c1-9-8-10(6-7-19-9)15-13(16)11-4-2-3-5-12(11)14(17)18/h2-3,9-12H,4-8H2,1H3,(H,15,16)(H,17,18). The van der Waals surface area contributed by atoms with Crippen molar-refractivity contribution in [1.82, 2.24) is 5.32 Å². The van der Waals surface area contributed by atoms with Gasteiger partial charge in [-0.1, -0.05) is 12.2 Å².